The number of aromatic nitrogens is 2. The van der Waals surface area contributed by atoms with Crippen LogP contribution in [-0.4, -0.2) is 53.3 Å². The first kappa shape index (κ1) is 17.7. The van der Waals surface area contributed by atoms with Gasteiger partial charge in [0, 0.05) is 18.7 Å². The van der Waals surface area contributed by atoms with Crippen LogP contribution in [0, 0.1) is 0 Å². The molecule has 2 rings (SSSR count). The molecule has 0 amide bonds. The summed E-state index contributed by atoms with van der Waals surface area (Å²) in [6, 6.07) is 1.20. The number of aliphatic hydroxyl groups excluding tert-OH is 2. The number of nitrogens with zero attached hydrogens (tertiary/aromatic N) is 1. The largest absolute Gasteiger partial charge is 0.466 e. The first-order valence-corrected chi connectivity index (χ1v) is 7.22. The van der Waals surface area contributed by atoms with Crippen molar-refractivity contribution in [2.45, 2.75) is 24.9 Å². The van der Waals surface area contributed by atoms with E-state index in [1.54, 1.807) is 0 Å². The third kappa shape index (κ3) is 5.89. The van der Waals surface area contributed by atoms with Crippen molar-refractivity contribution in [3.05, 3.63) is 33.1 Å². The molecule has 0 radical (unpaired) electrons. The lowest BCUT2D eigenvalue weighted by atomic mass is 10.2. The van der Waals surface area contributed by atoms with Crippen LogP contribution in [0.1, 0.15) is 12.6 Å². The highest BCUT2D eigenvalue weighted by molar-refractivity contribution is 7.45. The van der Waals surface area contributed by atoms with Crippen LogP contribution in [-0.2, 0) is 9.30 Å². The van der Waals surface area contributed by atoms with Gasteiger partial charge >= 0.3 is 13.5 Å². The van der Waals surface area contributed by atoms with Crippen LogP contribution < -0.4 is 11.2 Å². The van der Waals surface area contributed by atoms with Crippen molar-refractivity contribution in [2.75, 3.05) is 6.61 Å². The predicted octanol–water partition coefficient (Wildman–Crippen LogP) is -2.75. The summed E-state index contributed by atoms with van der Waals surface area (Å²) < 4.78 is 15.3. The number of H-pyrrole nitrogens is 1. The van der Waals surface area contributed by atoms with Gasteiger partial charge in [0.25, 0.3) is 5.56 Å². The molecule has 1 aromatic heterocycles. The smallest absolute Gasteiger partial charge is 0.394 e. The van der Waals surface area contributed by atoms with E-state index in [1.807, 2.05) is 0 Å². The number of hydrogen-bond acceptors (Lipinski definition) is 6. The Morgan fingerprint density at radius 1 is 1.38 bits per heavy atom. The van der Waals surface area contributed by atoms with Gasteiger partial charge in [0.1, 0.15) is 12.3 Å². The van der Waals surface area contributed by atoms with Crippen LogP contribution in [0.25, 0.3) is 0 Å². The van der Waals surface area contributed by atoms with Crippen molar-refractivity contribution in [1.29, 1.82) is 0 Å². The Kier molecular flexibility index (Phi) is 5.98. The monoisotopic (exact) mass is 326 g/mol. The minimum absolute atomic E-state index is 0.206. The van der Waals surface area contributed by atoms with E-state index in [2.05, 4.69) is 4.98 Å². The highest BCUT2D eigenvalue weighted by Crippen LogP contribution is 2.27. The van der Waals surface area contributed by atoms with E-state index in [9.17, 15) is 14.7 Å². The second-order valence-corrected chi connectivity index (χ2v) is 5.17. The molecule has 0 bridgehead atoms. The summed E-state index contributed by atoms with van der Waals surface area (Å²) in [6.45, 7) is -0.310. The molecule has 3 atom stereocenters. The molecular formula is C9H15N2O9P. The van der Waals surface area contributed by atoms with Crippen LogP contribution in [0.3, 0.4) is 0 Å². The van der Waals surface area contributed by atoms with Crippen LogP contribution in [0.4, 0.5) is 0 Å². The van der Waals surface area contributed by atoms with E-state index in [0.717, 1.165) is 0 Å². The topological polar surface area (TPSA) is 182 Å². The molecule has 0 spiro atoms. The summed E-state index contributed by atoms with van der Waals surface area (Å²) in [5, 5.41) is 18.4. The van der Waals surface area contributed by atoms with Crippen LogP contribution in [0.15, 0.2) is 21.9 Å². The van der Waals surface area contributed by atoms with E-state index in [4.69, 9.17) is 29.1 Å². The van der Waals surface area contributed by atoms with Gasteiger partial charge < -0.3 is 29.6 Å². The van der Waals surface area contributed by atoms with E-state index in [0.29, 0.717) is 0 Å². The van der Waals surface area contributed by atoms with Gasteiger partial charge in [-0.05, 0) is 0 Å². The Morgan fingerprint density at radius 3 is 2.38 bits per heavy atom. The molecule has 1 fully saturated rings. The van der Waals surface area contributed by atoms with Crippen molar-refractivity contribution in [3.8, 4) is 0 Å². The van der Waals surface area contributed by atoms with E-state index >= 15 is 0 Å². The van der Waals surface area contributed by atoms with Gasteiger partial charge in [-0.15, -0.1) is 0 Å². The van der Waals surface area contributed by atoms with Crippen LogP contribution >= 0.6 is 7.82 Å². The SMILES string of the molecule is O=P(O)(O)O.O=c1ccn([C@H]2C[C@H](O)[C@@H](CO)O2)c(=O)[nH]1. The van der Waals surface area contributed by atoms with Crippen molar-refractivity contribution < 1.29 is 34.2 Å². The number of ether oxygens (including phenoxy) is 1. The van der Waals surface area contributed by atoms with Gasteiger partial charge in [0.15, 0.2) is 0 Å². The maximum Gasteiger partial charge on any atom is 0.466 e. The van der Waals surface area contributed by atoms with Crippen molar-refractivity contribution >= 4 is 7.82 Å². The van der Waals surface area contributed by atoms with Gasteiger partial charge in [-0.25, -0.2) is 9.36 Å². The van der Waals surface area contributed by atoms with E-state index in [-0.39, 0.29) is 13.0 Å². The second-order valence-electron chi connectivity index (χ2n) is 4.15. The fourth-order valence-corrected chi connectivity index (χ4v) is 1.70. The van der Waals surface area contributed by atoms with Gasteiger partial charge in [-0.1, -0.05) is 0 Å². The maximum absolute atomic E-state index is 11.4. The molecule has 12 heteroatoms. The summed E-state index contributed by atoms with van der Waals surface area (Å²) in [4.78, 5) is 45.9. The number of hydrogen-bond donors (Lipinski definition) is 6. The molecule has 11 nitrogen and oxygen atoms in total. The molecule has 0 saturated carbocycles. The molecule has 1 aliphatic rings. The minimum Gasteiger partial charge on any atom is -0.394 e. The average molecular weight is 326 g/mol. The summed E-state index contributed by atoms with van der Waals surface area (Å²) in [5.74, 6) is 0. The number of aromatic amines is 1. The lowest BCUT2D eigenvalue weighted by Crippen LogP contribution is -2.31. The third-order valence-electron chi connectivity index (χ3n) is 2.55. The number of phosphoric acid groups is 1. The summed E-state index contributed by atoms with van der Waals surface area (Å²) in [6.07, 6.45) is -0.649. The zero-order chi connectivity index (χ0) is 16.2. The summed E-state index contributed by atoms with van der Waals surface area (Å²) >= 11 is 0. The highest BCUT2D eigenvalue weighted by Gasteiger charge is 2.34. The lowest BCUT2D eigenvalue weighted by molar-refractivity contribution is -0.0459. The Labute approximate surface area is 117 Å². The molecule has 6 N–H and O–H groups in total. The Bertz CT molecular complexity index is 612. The Morgan fingerprint density at radius 2 is 1.95 bits per heavy atom. The molecule has 0 aromatic carbocycles. The zero-order valence-corrected chi connectivity index (χ0v) is 11.5. The van der Waals surface area contributed by atoms with Crippen molar-refractivity contribution in [3.63, 3.8) is 0 Å². The van der Waals surface area contributed by atoms with Gasteiger partial charge in [0.2, 0.25) is 0 Å². The summed E-state index contributed by atoms with van der Waals surface area (Å²) in [5.41, 5.74) is -1.08. The van der Waals surface area contributed by atoms with Gasteiger partial charge in [-0.2, -0.15) is 0 Å². The molecule has 2 heterocycles. The Balaban J connectivity index is 0.000000383. The molecule has 1 aliphatic heterocycles. The average Bonchev–Trinajstić information content (AvgIpc) is 2.68. The first-order chi connectivity index (χ1) is 9.61. The second kappa shape index (κ2) is 7.09. The molecule has 0 unspecified atom stereocenters. The molecule has 0 aliphatic carbocycles. The Hall–Kier alpha value is -1.33. The standard InChI is InChI=1S/C9H12N2O5.H3O4P/c12-4-6-5(13)3-8(16-6)11-2-1-7(14)10-9(11)15;1-5(2,3)4/h1-2,5-6,8,12-13H,3-4H2,(H,10,14,15);(H3,1,2,3,4)/t5-,6+,8+;/m0./s1. The molecule has 120 valence electrons. The third-order valence-corrected chi connectivity index (χ3v) is 2.55. The minimum atomic E-state index is -4.64. The van der Waals surface area contributed by atoms with Gasteiger partial charge in [0.05, 0.1) is 12.7 Å². The molecule has 21 heavy (non-hydrogen) atoms. The van der Waals surface area contributed by atoms with Crippen molar-refractivity contribution in [1.82, 2.24) is 9.55 Å². The number of rotatable bonds is 2. The van der Waals surface area contributed by atoms with Gasteiger partial charge in [-0.3, -0.25) is 14.3 Å². The quantitative estimate of drug-likeness (QED) is 0.314. The maximum atomic E-state index is 11.4. The van der Waals surface area contributed by atoms with Crippen molar-refractivity contribution in [2.24, 2.45) is 0 Å². The first-order valence-electron chi connectivity index (χ1n) is 5.66. The molecular weight excluding hydrogens is 311 g/mol. The fourth-order valence-electron chi connectivity index (χ4n) is 1.70. The van der Waals surface area contributed by atoms with E-state index in [1.165, 1.54) is 16.8 Å². The zero-order valence-electron chi connectivity index (χ0n) is 10.6. The number of nitrogens with one attached hydrogen (secondary N) is 1. The predicted molar refractivity (Wildman–Crippen MR) is 67.2 cm³/mol. The molecule has 1 saturated heterocycles. The fraction of sp³-hybridized carbons (Fsp3) is 0.556. The normalized spacial score (nSPS) is 25.3. The number of aliphatic hydroxyl groups is 2. The highest BCUT2D eigenvalue weighted by atomic mass is 31.2. The van der Waals surface area contributed by atoms with Crippen LogP contribution in [0.2, 0.25) is 0 Å². The van der Waals surface area contributed by atoms with E-state index < -0.39 is 37.5 Å². The molecule has 1 aromatic rings. The summed E-state index contributed by atoms with van der Waals surface area (Å²) in [7, 11) is -4.64. The van der Waals surface area contributed by atoms with Crippen LogP contribution in [0.5, 0.6) is 0 Å². The lowest BCUT2D eigenvalue weighted by Gasteiger charge is -2.13.